The summed E-state index contributed by atoms with van der Waals surface area (Å²) in [7, 11) is 0. The van der Waals surface area contributed by atoms with Crippen molar-refractivity contribution in [3.63, 3.8) is 0 Å². The zero-order valence-corrected chi connectivity index (χ0v) is 17.9. The summed E-state index contributed by atoms with van der Waals surface area (Å²) < 4.78 is 0.927. The predicted octanol–water partition coefficient (Wildman–Crippen LogP) is 5.15. The third-order valence-corrected chi connectivity index (χ3v) is 5.95. The number of nitrogens with zero attached hydrogens (tertiary/aromatic N) is 1. The van der Waals surface area contributed by atoms with E-state index in [9.17, 15) is 14.7 Å². The molecule has 0 aromatic heterocycles. The van der Waals surface area contributed by atoms with Gasteiger partial charge in [-0.2, -0.15) is 0 Å². The number of carbonyl (C=O) groups is 2. The van der Waals surface area contributed by atoms with E-state index < -0.39 is 5.72 Å². The van der Waals surface area contributed by atoms with E-state index in [2.05, 4.69) is 15.9 Å². The fraction of sp³-hybridized carbons (Fsp3) is 0.130. The van der Waals surface area contributed by atoms with Crippen molar-refractivity contribution in [2.45, 2.75) is 19.2 Å². The first-order chi connectivity index (χ1) is 13.8. The molecule has 4 rings (SSSR count). The monoisotopic (exact) mass is 469 g/mol. The Morgan fingerprint density at radius 1 is 1.07 bits per heavy atom. The fourth-order valence-corrected chi connectivity index (χ4v) is 4.02. The Balaban J connectivity index is 1.87. The molecule has 0 radical (unpaired) electrons. The first-order valence-corrected chi connectivity index (χ1v) is 10.2. The number of rotatable bonds is 4. The Hall–Kier alpha value is -2.47. The van der Waals surface area contributed by atoms with Gasteiger partial charge in [-0.1, -0.05) is 63.9 Å². The molecule has 146 valence electrons. The van der Waals surface area contributed by atoms with Crippen molar-refractivity contribution in [1.29, 1.82) is 0 Å². The molecule has 3 aromatic rings. The molecule has 3 aromatic carbocycles. The molecule has 29 heavy (non-hydrogen) atoms. The van der Waals surface area contributed by atoms with Gasteiger partial charge in [-0.25, -0.2) is 0 Å². The van der Waals surface area contributed by atoms with E-state index in [1.807, 2.05) is 24.3 Å². The molecule has 0 bridgehead atoms. The summed E-state index contributed by atoms with van der Waals surface area (Å²) in [5, 5.41) is 12.4. The van der Waals surface area contributed by atoms with Crippen molar-refractivity contribution in [2.24, 2.45) is 0 Å². The number of Topliss-reactive ketones (excluding diaryl/α,β-unsaturated/α-hetero) is 1. The lowest BCUT2D eigenvalue weighted by molar-refractivity contribution is -0.0543. The van der Waals surface area contributed by atoms with Gasteiger partial charge in [-0.05, 0) is 42.8 Å². The highest BCUT2D eigenvalue weighted by molar-refractivity contribution is 9.10. The second kappa shape index (κ2) is 7.41. The van der Waals surface area contributed by atoms with Crippen LogP contribution in [0, 0.1) is 0 Å². The van der Waals surface area contributed by atoms with Gasteiger partial charge < -0.3 is 5.11 Å². The van der Waals surface area contributed by atoms with Crippen LogP contribution in [0.1, 0.15) is 44.3 Å². The van der Waals surface area contributed by atoms with Crippen LogP contribution in [0.3, 0.4) is 0 Å². The summed E-state index contributed by atoms with van der Waals surface area (Å²) in [6.07, 6.45) is 0. The number of hydrogen-bond donors (Lipinski definition) is 1. The summed E-state index contributed by atoms with van der Waals surface area (Å²) in [5.41, 5.74) is 0.940. The van der Waals surface area contributed by atoms with E-state index in [-0.39, 0.29) is 18.2 Å². The van der Waals surface area contributed by atoms with Crippen LogP contribution in [0.15, 0.2) is 71.2 Å². The van der Waals surface area contributed by atoms with Gasteiger partial charge in [0.25, 0.3) is 5.91 Å². The molecule has 0 saturated carbocycles. The predicted molar refractivity (Wildman–Crippen MR) is 115 cm³/mol. The molecule has 1 N–H and O–H groups in total. The molecule has 0 saturated heterocycles. The number of aliphatic hydroxyl groups is 1. The van der Waals surface area contributed by atoms with Crippen molar-refractivity contribution in [1.82, 2.24) is 4.90 Å². The highest BCUT2D eigenvalue weighted by atomic mass is 79.9. The maximum Gasteiger partial charge on any atom is 0.257 e. The van der Waals surface area contributed by atoms with Crippen molar-refractivity contribution in [3.8, 4) is 0 Å². The Kier molecular flexibility index (Phi) is 5.07. The summed E-state index contributed by atoms with van der Waals surface area (Å²) >= 11 is 9.43. The molecular formula is C23H17BrClNO3. The third kappa shape index (κ3) is 3.39. The maximum atomic E-state index is 13.3. The van der Waals surface area contributed by atoms with Crippen LogP contribution in [0.2, 0.25) is 5.02 Å². The highest BCUT2D eigenvalue weighted by Crippen LogP contribution is 2.43. The van der Waals surface area contributed by atoms with Crippen LogP contribution in [0.5, 0.6) is 0 Å². The molecule has 0 spiro atoms. The number of fused-ring (bicyclic) bond motifs is 1. The minimum Gasteiger partial charge on any atom is -0.363 e. The molecule has 0 aliphatic carbocycles. The fourth-order valence-electron chi connectivity index (χ4n) is 3.63. The Morgan fingerprint density at radius 2 is 1.72 bits per heavy atom. The quantitative estimate of drug-likeness (QED) is 0.536. The average molecular weight is 471 g/mol. The highest BCUT2D eigenvalue weighted by Gasteiger charge is 2.49. The van der Waals surface area contributed by atoms with Gasteiger partial charge in [-0.3, -0.25) is 14.5 Å². The smallest absolute Gasteiger partial charge is 0.257 e. The Morgan fingerprint density at radius 3 is 2.34 bits per heavy atom. The van der Waals surface area contributed by atoms with Gasteiger partial charge in [0.15, 0.2) is 11.5 Å². The molecular weight excluding hydrogens is 454 g/mol. The summed E-state index contributed by atoms with van der Waals surface area (Å²) in [6.45, 7) is 1.65. The Labute approximate surface area is 181 Å². The van der Waals surface area contributed by atoms with E-state index >= 15 is 0 Å². The minimum atomic E-state index is -1.67. The van der Waals surface area contributed by atoms with E-state index in [0.29, 0.717) is 27.3 Å². The van der Waals surface area contributed by atoms with Crippen LogP contribution in [-0.4, -0.2) is 21.7 Å². The molecule has 4 nitrogen and oxygen atoms in total. The summed E-state index contributed by atoms with van der Waals surface area (Å²) in [4.78, 5) is 26.6. The molecule has 1 unspecified atom stereocenters. The maximum absolute atomic E-state index is 13.3. The van der Waals surface area contributed by atoms with Crippen LogP contribution in [-0.2, 0) is 12.3 Å². The third-order valence-electron chi connectivity index (χ3n) is 5.17. The zero-order valence-electron chi connectivity index (χ0n) is 15.5. The normalized spacial score (nSPS) is 18.1. The van der Waals surface area contributed by atoms with Crippen LogP contribution >= 0.6 is 27.5 Å². The van der Waals surface area contributed by atoms with Gasteiger partial charge in [-0.15, -0.1) is 0 Å². The van der Waals surface area contributed by atoms with Gasteiger partial charge in [0, 0.05) is 38.3 Å². The lowest BCUT2D eigenvalue weighted by Crippen LogP contribution is -2.44. The largest absolute Gasteiger partial charge is 0.363 e. The van der Waals surface area contributed by atoms with Crippen molar-refractivity contribution in [3.05, 3.63) is 104 Å². The zero-order chi connectivity index (χ0) is 20.8. The van der Waals surface area contributed by atoms with Gasteiger partial charge in [0.05, 0.1) is 0 Å². The number of benzene rings is 3. The minimum absolute atomic E-state index is 0.137. The number of ketones is 1. The second-order valence-corrected chi connectivity index (χ2v) is 8.37. The van der Waals surface area contributed by atoms with Crippen LogP contribution in [0.4, 0.5) is 0 Å². The van der Waals surface area contributed by atoms with Gasteiger partial charge in [0.1, 0.15) is 0 Å². The molecule has 6 heteroatoms. The van der Waals surface area contributed by atoms with Crippen LogP contribution in [0.25, 0.3) is 0 Å². The Bertz CT molecular complexity index is 1110. The second-order valence-electron chi connectivity index (χ2n) is 7.01. The van der Waals surface area contributed by atoms with Crippen molar-refractivity contribution < 1.29 is 14.7 Å². The standard InChI is InChI=1S/C23H17BrClNO3/c1-14(27)16-4-11-21-20(12-16)22(28)26(13-15-2-7-18(24)8-3-15)23(21,29)17-5-9-19(25)10-6-17/h2-12,29H,13H2,1H3. The molecule has 1 atom stereocenters. The van der Waals surface area contributed by atoms with Gasteiger partial charge in [0.2, 0.25) is 0 Å². The summed E-state index contributed by atoms with van der Waals surface area (Å²) in [6, 6.07) is 19.2. The van der Waals surface area contributed by atoms with Gasteiger partial charge >= 0.3 is 0 Å². The lowest BCUT2D eigenvalue weighted by atomic mass is 9.92. The number of amides is 1. The van der Waals surface area contributed by atoms with Crippen molar-refractivity contribution in [2.75, 3.05) is 0 Å². The molecule has 1 amide bonds. The topological polar surface area (TPSA) is 57.6 Å². The van der Waals surface area contributed by atoms with E-state index in [4.69, 9.17) is 11.6 Å². The number of hydrogen-bond acceptors (Lipinski definition) is 3. The number of halogens is 2. The van der Waals surface area contributed by atoms with E-state index in [0.717, 1.165) is 10.0 Å². The lowest BCUT2D eigenvalue weighted by Gasteiger charge is -2.35. The first kappa shape index (κ1) is 19.8. The molecule has 0 fully saturated rings. The first-order valence-electron chi connectivity index (χ1n) is 9.01. The molecule has 1 heterocycles. The van der Waals surface area contributed by atoms with E-state index in [1.165, 1.54) is 11.8 Å². The molecule has 1 aliphatic rings. The van der Waals surface area contributed by atoms with Crippen LogP contribution < -0.4 is 0 Å². The molecule has 1 aliphatic heterocycles. The summed E-state index contributed by atoms with van der Waals surface area (Å²) in [5.74, 6) is -0.467. The van der Waals surface area contributed by atoms with E-state index in [1.54, 1.807) is 42.5 Å². The van der Waals surface area contributed by atoms with Crippen molar-refractivity contribution >= 4 is 39.2 Å². The SMILES string of the molecule is CC(=O)c1ccc2c(c1)C(=O)N(Cc1ccc(Br)cc1)C2(O)c1ccc(Cl)cc1. The number of carbonyl (C=O) groups excluding carboxylic acids is 2. The average Bonchev–Trinajstić information content (AvgIpc) is 2.92.